The third-order valence-electron chi connectivity index (χ3n) is 6.47. The molecule has 0 spiro atoms. The van der Waals surface area contributed by atoms with E-state index in [1.807, 2.05) is 24.3 Å². The van der Waals surface area contributed by atoms with Crippen LogP contribution in [0.1, 0.15) is 45.5 Å². The number of nitrogens with zero attached hydrogens (tertiary/aromatic N) is 1. The van der Waals surface area contributed by atoms with E-state index in [4.69, 9.17) is 4.74 Å². The lowest BCUT2D eigenvalue weighted by Gasteiger charge is -2.18. The number of hydrogen-bond acceptors (Lipinski definition) is 6. The highest BCUT2D eigenvalue weighted by molar-refractivity contribution is 5.95. The Morgan fingerprint density at radius 3 is 2.49 bits per heavy atom. The van der Waals surface area contributed by atoms with Crippen LogP contribution in [0, 0.1) is 0 Å². The zero-order chi connectivity index (χ0) is 24.4. The maximum Gasteiger partial charge on any atom is 0.407 e. The quantitative estimate of drug-likeness (QED) is 0.291. The SMILES string of the molecule is O=Cc1c[nH]c2ncc(C(O)C(O)CCNC(=O)OCC3c4ccccc4-c4ccccc43)cc12. The van der Waals surface area contributed by atoms with E-state index in [0.29, 0.717) is 28.4 Å². The second-order valence-corrected chi connectivity index (χ2v) is 8.58. The molecule has 0 radical (unpaired) electrons. The molecular formula is C27H25N3O5. The summed E-state index contributed by atoms with van der Waals surface area (Å²) in [4.78, 5) is 30.5. The van der Waals surface area contributed by atoms with Crippen LogP contribution in [0.25, 0.3) is 22.2 Å². The summed E-state index contributed by atoms with van der Waals surface area (Å²) >= 11 is 0. The monoisotopic (exact) mass is 471 g/mol. The van der Waals surface area contributed by atoms with E-state index in [2.05, 4.69) is 39.6 Å². The number of aliphatic hydroxyl groups excluding tert-OH is 2. The highest BCUT2D eigenvalue weighted by Crippen LogP contribution is 2.44. The standard InChI is InChI=1S/C27H25N3O5/c31-14-17-13-30-26-22(17)11-16(12-29-26)25(33)24(32)9-10-28-27(34)35-15-23-20-7-3-1-5-18(20)19-6-2-4-8-21(19)23/h1-8,11-14,23-25,32-33H,9-10,15H2,(H,28,34)(H,29,30). The second kappa shape index (κ2) is 9.69. The number of alkyl carbamates (subject to hydrolysis) is 1. The summed E-state index contributed by atoms with van der Waals surface area (Å²) < 4.78 is 5.49. The van der Waals surface area contributed by atoms with Gasteiger partial charge < -0.3 is 25.3 Å². The Morgan fingerprint density at radius 1 is 1.11 bits per heavy atom. The van der Waals surface area contributed by atoms with Gasteiger partial charge in [0.15, 0.2) is 6.29 Å². The van der Waals surface area contributed by atoms with Gasteiger partial charge in [0.05, 0.1) is 6.10 Å². The van der Waals surface area contributed by atoms with Gasteiger partial charge in [0.1, 0.15) is 18.4 Å². The normalized spacial score (nSPS) is 14.2. The molecule has 5 rings (SSSR count). The summed E-state index contributed by atoms with van der Waals surface area (Å²) in [6, 6.07) is 17.8. The molecule has 178 valence electrons. The number of benzene rings is 2. The highest BCUT2D eigenvalue weighted by Gasteiger charge is 2.29. The average molecular weight is 472 g/mol. The molecule has 1 aliphatic rings. The van der Waals surface area contributed by atoms with Crippen molar-refractivity contribution in [1.29, 1.82) is 0 Å². The number of carbonyl (C=O) groups excluding carboxylic acids is 2. The van der Waals surface area contributed by atoms with Gasteiger partial charge >= 0.3 is 6.09 Å². The van der Waals surface area contributed by atoms with Crippen LogP contribution in [0.2, 0.25) is 0 Å². The molecule has 0 bridgehead atoms. The average Bonchev–Trinajstić information content (AvgIpc) is 3.45. The summed E-state index contributed by atoms with van der Waals surface area (Å²) in [6.07, 6.45) is 0.852. The van der Waals surface area contributed by atoms with Crippen molar-refractivity contribution >= 4 is 23.4 Å². The van der Waals surface area contributed by atoms with Crippen LogP contribution in [0.4, 0.5) is 4.79 Å². The van der Waals surface area contributed by atoms with E-state index in [1.165, 1.54) is 12.4 Å². The minimum Gasteiger partial charge on any atom is -0.449 e. The molecule has 2 heterocycles. The zero-order valence-corrected chi connectivity index (χ0v) is 18.8. The third-order valence-corrected chi connectivity index (χ3v) is 6.47. The van der Waals surface area contributed by atoms with Gasteiger partial charge in [0.2, 0.25) is 0 Å². The molecule has 0 fully saturated rings. The maximum atomic E-state index is 12.3. The molecule has 8 heteroatoms. The molecule has 35 heavy (non-hydrogen) atoms. The van der Waals surface area contributed by atoms with Crippen LogP contribution in [0.3, 0.4) is 0 Å². The molecule has 4 aromatic rings. The molecule has 0 saturated heterocycles. The lowest BCUT2D eigenvalue weighted by molar-refractivity contribution is 0.0135. The molecule has 2 atom stereocenters. The fourth-order valence-electron chi connectivity index (χ4n) is 4.65. The van der Waals surface area contributed by atoms with Gasteiger partial charge in [-0.25, -0.2) is 9.78 Å². The van der Waals surface area contributed by atoms with E-state index < -0.39 is 18.3 Å². The summed E-state index contributed by atoms with van der Waals surface area (Å²) in [5.74, 6) is -0.0346. The largest absolute Gasteiger partial charge is 0.449 e. The van der Waals surface area contributed by atoms with Crippen LogP contribution >= 0.6 is 0 Å². The fraction of sp³-hybridized carbons (Fsp3) is 0.222. The van der Waals surface area contributed by atoms with E-state index in [0.717, 1.165) is 22.3 Å². The van der Waals surface area contributed by atoms with Crippen molar-refractivity contribution in [3.05, 3.63) is 89.2 Å². The second-order valence-electron chi connectivity index (χ2n) is 8.58. The van der Waals surface area contributed by atoms with Crippen LogP contribution < -0.4 is 5.32 Å². The Hall–Kier alpha value is -4.01. The molecule has 1 amide bonds. The molecule has 4 N–H and O–H groups in total. The summed E-state index contributed by atoms with van der Waals surface area (Å²) in [6.45, 7) is 0.320. The minimum absolute atomic E-state index is 0.0346. The van der Waals surface area contributed by atoms with E-state index in [-0.39, 0.29) is 25.5 Å². The fourth-order valence-corrected chi connectivity index (χ4v) is 4.65. The van der Waals surface area contributed by atoms with Gasteiger partial charge in [-0.05, 0) is 34.7 Å². The number of nitrogens with one attached hydrogen (secondary N) is 2. The first kappa shape index (κ1) is 22.8. The number of fused-ring (bicyclic) bond motifs is 4. The lowest BCUT2D eigenvalue weighted by atomic mass is 9.98. The Balaban J connectivity index is 1.14. The number of hydrogen-bond donors (Lipinski definition) is 4. The number of aldehydes is 1. The first-order valence-electron chi connectivity index (χ1n) is 11.4. The predicted molar refractivity (Wildman–Crippen MR) is 130 cm³/mol. The molecular weight excluding hydrogens is 446 g/mol. The zero-order valence-electron chi connectivity index (χ0n) is 18.8. The van der Waals surface area contributed by atoms with Crippen LogP contribution in [-0.4, -0.2) is 51.8 Å². The van der Waals surface area contributed by atoms with Gasteiger partial charge in [-0.1, -0.05) is 48.5 Å². The number of aliphatic hydroxyl groups is 2. The first-order chi connectivity index (χ1) is 17.1. The number of aromatic amines is 1. The molecule has 1 aliphatic carbocycles. The van der Waals surface area contributed by atoms with Crippen molar-refractivity contribution < 1.29 is 24.5 Å². The molecule has 2 aromatic carbocycles. The molecule has 2 unspecified atom stereocenters. The predicted octanol–water partition coefficient (Wildman–Crippen LogP) is 3.70. The highest BCUT2D eigenvalue weighted by atomic mass is 16.5. The minimum atomic E-state index is -1.22. The van der Waals surface area contributed by atoms with Crippen LogP contribution in [0.5, 0.6) is 0 Å². The Labute approximate surface area is 201 Å². The van der Waals surface area contributed by atoms with Gasteiger partial charge in [0.25, 0.3) is 0 Å². The maximum absolute atomic E-state index is 12.3. The van der Waals surface area contributed by atoms with Gasteiger partial charge in [-0.15, -0.1) is 0 Å². The topological polar surface area (TPSA) is 125 Å². The van der Waals surface area contributed by atoms with Crippen LogP contribution in [0.15, 0.2) is 67.0 Å². The number of amides is 1. The number of ether oxygens (including phenoxy) is 1. The number of rotatable bonds is 8. The van der Waals surface area contributed by atoms with E-state index in [1.54, 1.807) is 6.07 Å². The summed E-state index contributed by atoms with van der Waals surface area (Å²) in [5, 5.41) is 24.1. The number of carbonyl (C=O) groups is 2. The Kier molecular flexibility index (Phi) is 6.31. The smallest absolute Gasteiger partial charge is 0.407 e. The Morgan fingerprint density at radius 2 is 1.80 bits per heavy atom. The van der Waals surface area contributed by atoms with Crippen molar-refractivity contribution in [2.24, 2.45) is 0 Å². The first-order valence-corrected chi connectivity index (χ1v) is 11.4. The molecule has 8 nitrogen and oxygen atoms in total. The number of aromatic nitrogens is 2. The van der Waals surface area contributed by atoms with Gasteiger partial charge in [-0.3, -0.25) is 4.79 Å². The van der Waals surface area contributed by atoms with Crippen LogP contribution in [-0.2, 0) is 4.74 Å². The van der Waals surface area contributed by atoms with E-state index >= 15 is 0 Å². The summed E-state index contributed by atoms with van der Waals surface area (Å²) in [5.41, 5.74) is 5.90. The molecule has 0 saturated carbocycles. The number of H-pyrrole nitrogens is 1. The van der Waals surface area contributed by atoms with Crippen molar-refractivity contribution in [2.75, 3.05) is 13.2 Å². The van der Waals surface area contributed by atoms with Gasteiger partial charge in [0, 0.05) is 41.4 Å². The van der Waals surface area contributed by atoms with Gasteiger partial charge in [-0.2, -0.15) is 0 Å². The van der Waals surface area contributed by atoms with E-state index in [9.17, 15) is 19.8 Å². The van der Waals surface area contributed by atoms with Crippen molar-refractivity contribution in [3.63, 3.8) is 0 Å². The third kappa shape index (κ3) is 4.41. The van der Waals surface area contributed by atoms with Crippen molar-refractivity contribution in [1.82, 2.24) is 15.3 Å². The molecule has 0 aliphatic heterocycles. The Bertz CT molecular complexity index is 1340. The summed E-state index contributed by atoms with van der Waals surface area (Å²) in [7, 11) is 0. The lowest BCUT2D eigenvalue weighted by Crippen LogP contribution is -2.30. The van der Waals surface area contributed by atoms with Crippen molar-refractivity contribution in [3.8, 4) is 11.1 Å². The van der Waals surface area contributed by atoms with Crippen molar-refractivity contribution in [2.45, 2.75) is 24.5 Å². The number of pyridine rings is 1. The molecule has 2 aromatic heterocycles.